The highest BCUT2D eigenvalue weighted by atomic mass is 16.2. The Balaban J connectivity index is 1.23. The fraction of sp³-hybridized carbons (Fsp3) is 0.750. The molecule has 4 atom stereocenters. The van der Waals surface area contributed by atoms with E-state index in [0.29, 0.717) is 31.5 Å². The number of imide groups is 1. The van der Waals surface area contributed by atoms with Gasteiger partial charge in [0.25, 0.3) is 0 Å². The standard InChI is InChI=1S/C20H30N4O2/c21-20(23-15-6-3-1-2-4-7-15)22-10-5-11-24-18(25)16-13-8-9-14(12-13)17(16)19(24)26/h8-9,13-17H,1-7,10-12H2,(H3,21,22,23). The van der Waals surface area contributed by atoms with Gasteiger partial charge in [0.05, 0.1) is 11.8 Å². The Morgan fingerprint density at radius 1 is 1.08 bits per heavy atom. The van der Waals surface area contributed by atoms with E-state index in [1.807, 2.05) is 0 Å². The summed E-state index contributed by atoms with van der Waals surface area (Å²) in [5, 5.41) is 3.33. The smallest absolute Gasteiger partial charge is 0.233 e. The van der Waals surface area contributed by atoms with Gasteiger partial charge >= 0.3 is 0 Å². The van der Waals surface area contributed by atoms with Crippen LogP contribution in [0.1, 0.15) is 51.4 Å². The molecule has 4 aliphatic rings. The number of carbonyl (C=O) groups is 2. The van der Waals surface area contributed by atoms with Crippen LogP contribution in [0.4, 0.5) is 0 Å². The minimum atomic E-state index is -0.0945. The molecule has 26 heavy (non-hydrogen) atoms. The maximum absolute atomic E-state index is 12.6. The number of aliphatic imine (C=N–C) groups is 1. The topological polar surface area (TPSA) is 87.8 Å². The third-order valence-corrected chi connectivity index (χ3v) is 6.59. The Labute approximate surface area is 155 Å². The molecule has 2 amide bonds. The van der Waals surface area contributed by atoms with Gasteiger partial charge in [0.1, 0.15) is 0 Å². The predicted octanol–water partition coefficient (Wildman–Crippen LogP) is 1.81. The zero-order chi connectivity index (χ0) is 18.1. The molecule has 0 aromatic heterocycles. The number of guanidine groups is 1. The third-order valence-electron chi connectivity index (χ3n) is 6.59. The molecule has 3 fully saturated rings. The van der Waals surface area contributed by atoms with Gasteiger partial charge in [-0.1, -0.05) is 37.8 Å². The highest BCUT2D eigenvalue weighted by Crippen LogP contribution is 2.52. The molecule has 0 aromatic rings. The average Bonchev–Trinajstić information content (AvgIpc) is 3.23. The number of carbonyl (C=O) groups excluding carboxylic acids is 2. The van der Waals surface area contributed by atoms with E-state index < -0.39 is 0 Å². The number of rotatable bonds is 5. The van der Waals surface area contributed by atoms with Gasteiger partial charge in [0.15, 0.2) is 5.96 Å². The second kappa shape index (κ2) is 7.41. The summed E-state index contributed by atoms with van der Waals surface area (Å²) in [4.78, 5) is 31.1. The van der Waals surface area contributed by atoms with Crippen LogP contribution in [-0.4, -0.2) is 41.8 Å². The molecule has 0 spiro atoms. The van der Waals surface area contributed by atoms with Gasteiger partial charge < -0.3 is 11.1 Å². The Kier molecular flexibility index (Phi) is 5.00. The lowest BCUT2D eigenvalue weighted by Gasteiger charge is -2.18. The van der Waals surface area contributed by atoms with Gasteiger partial charge in [-0.25, -0.2) is 0 Å². The van der Waals surface area contributed by atoms with E-state index >= 15 is 0 Å². The van der Waals surface area contributed by atoms with Gasteiger partial charge in [0, 0.05) is 19.1 Å². The first kappa shape index (κ1) is 17.6. The predicted molar refractivity (Wildman–Crippen MR) is 100 cm³/mol. The number of hydrogen-bond acceptors (Lipinski definition) is 3. The van der Waals surface area contributed by atoms with E-state index in [2.05, 4.69) is 22.5 Å². The first-order valence-corrected chi connectivity index (χ1v) is 10.2. The molecular formula is C20H30N4O2. The number of hydrogen-bond donors (Lipinski definition) is 2. The molecule has 142 valence electrons. The minimum Gasteiger partial charge on any atom is -0.370 e. The van der Waals surface area contributed by atoms with Crippen LogP contribution in [0.3, 0.4) is 0 Å². The lowest BCUT2D eigenvalue weighted by atomic mass is 9.85. The van der Waals surface area contributed by atoms with Crippen molar-refractivity contribution in [2.45, 2.75) is 57.4 Å². The van der Waals surface area contributed by atoms with Crippen LogP contribution in [0.15, 0.2) is 17.1 Å². The monoisotopic (exact) mass is 358 g/mol. The molecule has 6 heteroatoms. The highest BCUT2D eigenvalue weighted by molar-refractivity contribution is 6.06. The fourth-order valence-electron chi connectivity index (χ4n) is 5.29. The van der Waals surface area contributed by atoms with Crippen molar-refractivity contribution in [2.75, 3.05) is 13.1 Å². The fourth-order valence-corrected chi connectivity index (χ4v) is 5.29. The molecule has 3 aliphatic carbocycles. The average molecular weight is 358 g/mol. The van der Waals surface area contributed by atoms with Crippen LogP contribution in [-0.2, 0) is 9.59 Å². The lowest BCUT2D eigenvalue weighted by Crippen LogP contribution is -2.40. The van der Waals surface area contributed by atoms with Crippen molar-refractivity contribution in [2.24, 2.45) is 34.4 Å². The van der Waals surface area contributed by atoms with Crippen LogP contribution in [0, 0.1) is 23.7 Å². The molecule has 6 nitrogen and oxygen atoms in total. The van der Waals surface area contributed by atoms with E-state index in [1.165, 1.54) is 30.6 Å². The Bertz CT molecular complexity index is 591. The molecule has 1 saturated heterocycles. The lowest BCUT2D eigenvalue weighted by molar-refractivity contribution is -0.140. The summed E-state index contributed by atoms with van der Waals surface area (Å²) < 4.78 is 0. The summed E-state index contributed by atoms with van der Waals surface area (Å²) in [5.74, 6) is 0.935. The Morgan fingerprint density at radius 2 is 1.69 bits per heavy atom. The maximum Gasteiger partial charge on any atom is 0.233 e. The maximum atomic E-state index is 12.6. The van der Waals surface area contributed by atoms with E-state index in [0.717, 1.165) is 19.3 Å². The van der Waals surface area contributed by atoms with E-state index in [-0.39, 0.29) is 35.5 Å². The van der Waals surface area contributed by atoms with Gasteiger partial charge in [-0.05, 0) is 37.5 Å². The van der Waals surface area contributed by atoms with Crippen LogP contribution in [0.5, 0.6) is 0 Å². The summed E-state index contributed by atoms with van der Waals surface area (Å²) in [5.41, 5.74) is 6.01. The molecular weight excluding hydrogens is 328 g/mol. The Hall–Kier alpha value is -1.85. The summed E-state index contributed by atoms with van der Waals surface area (Å²) in [7, 11) is 0. The largest absolute Gasteiger partial charge is 0.370 e. The number of amides is 2. The minimum absolute atomic E-state index is 0.0328. The highest BCUT2D eigenvalue weighted by Gasteiger charge is 2.58. The van der Waals surface area contributed by atoms with Crippen molar-refractivity contribution in [1.82, 2.24) is 10.2 Å². The molecule has 0 aromatic carbocycles. The molecule has 4 rings (SSSR count). The van der Waals surface area contributed by atoms with Crippen LogP contribution >= 0.6 is 0 Å². The number of nitrogens with one attached hydrogen (secondary N) is 1. The van der Waals surface area contributed by atoms with Crippen molar-refractivity contribution in [1.29, 1.82) is 0 Å². The number of fused-ring (bicyclic) bond motifs is 5. The van der Waals surface area contributed by atoms with Crippen molar-refractivity contribution in [3.05, 3.63) is 12.2 Å². The quantitative estimate of drug-likeness (QED) is 0.196. The number of likely N-dealkylation sites (tertiary alicyclic amines) is 1. The second-order valence-electron chi connectivity index (χ2n) is 8.28. The third kappa shape index (κ3) is 3.26. The summed E-state index contributed by atoms with van der Waals surface area (Å²) in [6, 6.07) is 0.435. The zero-order valence-corrected chi connectivity index (χ0v) is 15.4. The zero-order valence-electron chi connectivity index (χ0n) is 15.4. The normalized spacial score (nSPS) is 34.5. The number of allylic oxidation sites excluding steroid dienone is 2. The Morgan fingerprint density at radius 3 is 2.31 bits per heavy atom. The van der Waals surface area contributed by atoms with Crippen molar-refractivity contribution >= 4 is 17.8 Å². The van der Waals surface area contributed by atoms with Crippen molar-refractivity contribution in [3.63, 3.8) is 0 Å². The second-order valence-corrected chi connectivity index (χ2v) is 8.28. The molecule has 2 saturated carbocycles. The summed E-state index contributed by atoms with van der Waals surface area (Å²) >= 11 is 0. The van der Waals surface area contributed by atoms with Gasteiger partial charge in [-0.2, -0.15) is 0 Å². The van der Waals surface area contributed by atoms with Crippen LogP contribution in [0.25, 0.3) is 0 Å². The first-order valence-electron chi connectivity index (χ1n) is 10.2. The van der Waals surface area contributed by atoms with Gasteiger partial charge in [-0.15, -0.1) is 0 Å². The van der Waals surface area contributed by atoms with E-state index in [4.69, 9.17) is 5.73 Å². The van der Waals surface area contributed by atoms with E-state index in [9.17, 15) is 9.59 Å². The number of nitrogens with zero attached hydrogens (tertiary/aromatic N) is 2. The van der Waals surface area contributed by atoms with Crippen LogP contribution in [0.2, 0.25) is 0 Å². The van der Waals surface area contributed by atoms with Gasteiger partial charge in [0.2, 0.25) is 11.8 Å². The molecule has 4 unspecified atom stereocenters. The van der Waals surface area contributed by atoms with Crippen molar-refractivity contribution < 1.29 is 9.59 Å². The van der Waals surface area contributed by atoms with Gasteiger partial charge in [-0.3, -0.25) is 19.5 Å². The number of nitrogens with two attached hydrogens (primary N) is 1. The van der Waals surface area contributed by atoms with Crippen LogP contribution < -0.4 is 11.1 Å². The summed E-state index contributed by atoms with van der Waals surface area (Å²) in [6.45, 7) is 1.01. The first-order chi connectivity index (χ1) is 12.6. The summed E-state index contributed by atoms with van der Waals surface area (Å²) in [6.07, 6.45) is 13.4. The molecule has 3 N–H and O–H groups in total. The SMILES string of the molecule is NC(=NCCCN1C(=O)C2C3C=CC(C3)C2C1=O)NC1CCCCCC1. The molecule has 2 bridgehead atoms. The van der Waals surface area contributed by atoms with E-state index in [1.54, 1.807) is 0 Å². The van der Waals surface area contributed by atoms with Crippen molar-refractivity contribution in [3.8, 4) is 0 Å². The molecule has 1 aliphatic heterocycles. The molecule has 1 heterocycles. The molecule has 0 radical (unpaired) electrons.